The van der Waals surface area contributed by atoms with Crippen LogP contribution in [-0.4, -0.2) is 10.8 Å². The van der Waals surface area contributed by atoms with E-state index in [-0.39, 0.29) is 23.4 Å². The normalized spacial score (nSPS) is 14.1. The fourth-order valence-corrected chi connectivity index (χ4v) is 1.43. The summed E-state index contributed by atoms with van der Waals surface area (Å²) < 4.78 is 0. The third kappa shape index (κ3) is 2.56. The van der Waals surface area contributed by atoms with Crippen LogP contribution in [0.25, 0.3) is 0 Å². The molecule has 86 valence electrons. The second-order valence-corrected chi connectivity index (χ2v) is 3.83. The zero-order valence-corrected chi connectivity index (χ0v) is 9.21. The molecule has 0 aliphatic heterocycles. The largest absolute Gasteiger partial charge is 0.369 e. The Kier molecular flexibility index (Phi) is 3.60. The van der Waals surface area contributed by atoms with E-state index < -0.39 is 4.92 Å². The van der Waals surface area contributed by atoms with Crippen molar-refractivity contribution in [3.05, 3.63) is 39.9 Å². The smallest absolute Gasteiger partial charge is 0.269 e. The summed E-state index contributed by atoms with van der Waals surface area (Å²) in [6, 6.07) is 6.17. The van der Waals surface area contributed by atoms with Crippen LogP contribution < -0.4 is 5.73 Å². The number of hydrogen-bond acceptors (Lipinski definition) is 3. The van der Waals surface area contributed by atoms with E-state index in [4.69, 9.17) is 5.73 Å². The fourth-order valence-electron chi connectivity index (χ4n) is 1.43. The van der Waals surface area contributed by atoms with Gasteiger partial charge in [0.05, 0.1) is 4.92 Å². The first-order valence-corrected chi connectivity index (χ1v) is 4.97. The summed E-state index contributed by atoms with van der Waals surface area (Å²) in [6.07, 6.45) is 0. The molecule has 1 aromatic carbocycles. The van der Waals surface area contributed by atoms with Crippen molar-refractivity contribution in [1.29, 1.82) is 0 Å². The molecule has 0 fully saturated rings. The van der Waals surface area contributed by atoms with Crippen LogP contribution in [0.3, 0.4) is 0 Å². The molecule has 0 spiro atoms. The predicted octanol–water partition coefficient (Wildman–Crippen LogP) is 1.82. The summed E-state index contributed by atoms with van der Waals surface area (Å²) in [5.74, 6) is -0.703. The number of amides is 1. The Morgan fingerprint density at radius 1 is 1.31 bits per heavy atom. The maximum absolute atomic E-state index is 11.0. The highest BCUT2D eigenvalue weighted by atomic mass is 16.6. The van der Waals surface area contributed by atoms with Crippen molar-refractivity contribution < 1.29 is 9.72 Å². The summed E-state index contributed by atoms with van der Waals surface area (Å²) >= 11 is 0. The number of non-ortho nitro benzene ring substituents is 1. The maximum atomic E-state index is 11.0. The highest BCUT2D eigenvalue weighted by molar-refractivity contribution is 5.77. The van der Waals surface area contributed by atoms with Gasteiger partial charge in [-0.15, -0.1) is 0 Å². The lowest BCUT2D eigenvalue weighted by molar-refractivity contribution is -0.384. The molecule has 0 radical (unpaired) electrons. The molecule has 0 heterocycles. The minimum atomic E-state index is -0.452. The van der Waals surface area contributed by atoms with E-state index in [1.807, 2.05) is 6.92 Å². The Morgan fingerprint density at radius 3 is 2.19 bits per heavy atom. The lowest BCUT2D eigenvalue weighted by Gasteiger charge is -2.16. The van der Waals surface area contributed by atoms with Gasteiger partial charge < -0.3 is 5.73 Å². The SMILES string of the molecule is CC(C(N)=O)C(C)c1ccc([N+](=O)[O-])cc1. The number of rotatable bonds is 4. The zero-order valence-electron chi connectivity index (χ0n) is 9.21. The van der Waals surface area contributed by atoms with Gasteiger partial charge in [-0.25, -0.2) is 0 Å². The summed E-state index contributed by atoms with van der Waals surface area (Å²) in [5.41, 5.74) is 6.12. The van der Waals surface area contributed by atoms with E-state index in [1.165, 1.54) is 12.1 Å². The van der Waals surface area contributed by atoms with Gasteiger partial charge in [0.25, 0.3) is 5.69 Å². The monoisotopic (exact) mass is 222 g/mol. The van der Waals surface area contributed by atoms with Gasteiger partial charge in [-0.05, 0) is 11.5 Å². The quantitative estimate of drug-likeness (QED) is 0.622. The summed E-state index contributed by atoms with van der Waals surface area (Å²) in [4.78, 5) is 21.0. The van der Waals surface area contributed by atoms with E-state index in [9.17, 15) is 14.9 Å². The van der Waals surface area contributed by atoms with Crippen LogP contribution in [0.1, 0.15) is 25.3 Å². The molecular formula is C11H14N2O3. The van der Waals surface area contributed by atoms with Crippen LogP contribution in [0, 0.1) is 16.0 Å². The minimum Gasteiger partial charge on any atom is -0.369 e. The van der Waals surface area contributed by atoms with Crippen LogP contribution in [0.4, 0.5) is 5.69 Å². The molecule has 0 aliphatic rings. The average Bonchev–Trinajstić information content (AvgIpc) is 2.27. The van der Waals surface area contributed by atoms with Gasteiger partial charge >= 0.3 is 0 Å². The number of hydrogen-bond donors (Lipinski definition) is 1. The van der Waals surface area contributed by atoms with Gasteiger partial charge in [0.2, 0.25) is 5.91 Å². The van der Waals surface area contributed by atoms with E-state index in [2.05, 4.69) is 0 Å². The van der Waals surface area contributed by atoms with Gasteiger partial charge in [-0.2, -0.15) is 0 Å². The Bertz CT molecular complexity index is 400. The molecule has 2 unspecified atom stereocenters. The molecule has 0 bridgehead atoms. The molecule has 1 rings (SSSR count). The predicted molar refractivity (Wildman–Crippen MR) is 59.9 cm³/mol. The Hall–Kier alpha value is -1.91. The van der Waals surface area contributed by atoms with Gasteiger partial charge in [0.1, 0.15) is 0 Å². The van der Waals surface area contributed by atoms with Gasteiger partial charge in [0, 0.05) is 18.1 Å². The van der Waals surface area contributed by atoms with E-state index in [1.54, 1.807) is 19.1 Å². The number of nitro benzene ring substituents is 1. The Balaban J connectivity index is 2.89. The zero-order chi connectivity index (χ0) is 12.3. The van der Waals surface area contributed by atoms with Crippen molar-refractivity contribution in [3.63, 3.8) is 0 Å². The first-order chi connectivity index (χ1) is 7.43. The van der Waals surface area contributed by atoms with Crippen molar-refractivity contribution in [2.24, 2.45) is 11.7 Å². The highest BCUT2D eigenvalue weighted by Gasteiger charge is 2.19. The Labute approximate surface area is 93.4 Å². The lowest BCUT2D eigenvalue weighted by atomic mass is 9.88. The van der Waals surface area contributed by atoms with Crippen LogP contribution in [-0.2, 0) is 4.79 Å². The van der Waals surface area contributed by atoms with Crippen LogP contribution >= 0.6 is 0 Å². The average molecular weight is 222 g/mol. The number of nitrogens with zero attached hydrogens (tertiary/aromatic N) is 1. The molecule has 16 heavy (non-hydrogen) atoms. The molecule has 0 saturated carbocycles. The molecule has 0 aromatic heterocycles. The standard InChI is InChI=1S/C11H14N2O3/c1-7(8(2)11(12)14)9-3-5-10(6-4-9)13(15)16/h3-8H,1-2H3,(H2,12,14). The molecule has 0 aliphatic carbocycles. The van der Waals surface area contributed by atoms with Crippen LogP contribution in [0.15, 0.2) is 24.3 Å². The third-order valence-electron chi connectivity index (χ3n) is 2.83. The molecule has 2 atom stereocenters. The molecule has 2 N–H and O–H groups in total. The van der Waals surface area contributed by atoms with Crippen molar-refractivity contribution in [3.8, 4) is 0 Å². The first kappa shape index (κ1) is 12.2. The summed E-state index contributed by atoms with van der Waals surface area (Å²) in [6.45, 7) is 3.62. The maximum Gasteiger partial charge on any atom is 0.269 e. The molecule has 0 saturated heterocycles. The van der Waals surface area contributed by atoms with Gasteiger partial charge in [-0.3, -0.25) is 14.9 Å². The van der Waals surface area contributed by atoms with Gasteiger partial charge in [-0.1, -0.05) is 26.0 Å². The molecule has 5 nitrogen and oxygen atoms in total. The second kappa shape index (κ2) is 4.74. The minimum absolute atomic E-state index is 0.0432. The van der Waals surface area contributed by atoms with E-state index in [0.717, 1.165) is 5.56 Å². The number of benzene rings is 1. The topological polar surface area (TPSA) is 86.2 Å². The number of primary amides is 1. The molecule has 1 aromatic rings. The highest BCUT2D eigenvalue weighted by Crippen LogP contribution is 2.25. The summed E-state index contributed by atoms with van der Waals surface area (Å²) in [7, 11) is 0. The fraction of sp³-hybridized carbons (Fsp3) is 0.364. The third-order valence-corrected chi connectivity index (χ3v) is 2.83. The Morgan fingerprint density at radius 2 is 1.81 bits per heavy atom. The van der Waals surface area contributed by atoms with Crippen LogP contribution in [0.5, 0.6) is 0 Å². The summed E-state index contributed by atoms with van der Waals surface area (Å²) in [5, 5.41) is 10.5. The van der Waals surface area contributed by atoms with Gasteiger partial charge in [0.15, 0.2) is 0 Å². The lowest BCUT2D eigenvalue weighted by Crippen LogP contribution is -2.24. The number of nitrogens with two attached hydrogens (primary N) is 1. The number of nitro groups is 1. The van der Waals surface area contributed by atoms with Crippen molar-refractivity contribution in [2.45, 2.75) is 19.8 Å². The molecule has 1 amide bonds. The van der Waals surface area contributed by atoms with E-state index in [0.29, 0.717) is 0 Å². The van der Waals surface area contributed by atoms with Crippen molar-refractivity contribution >= 4 is 11.6 Å². The molecular weight excluding hydrogens is 208 g/mol. The van der Waals surface area contributed by atoms with Crippen molar-refractivity contribution in [2.75, 3.05) is 0 Å². The number of carbonyl (C=O) groups is 1. The first-order valence-electron chi connectivity index (χ1n) is 4.97. The van der Waals surface area contributed by atoms with E-state index >= 15 is 0 Å². The molecule has 5 heteroatoms. The number of carbonyl (C=O) groups excluding carboxylic acids is 1. The van der Waals surface area contributed by atoms with Crippen molar-refractivity contribution in [1.82, 2.24) is 0 Å². The second-order valence-electron chi connectivity index (χ2n) is 3.83. The van der Waals surface area contributed by atoms with Crippen LogP contribution in [0.2, 0.25) is 0 Å².